The molecule has 6 heterocycles. The molecule has 1 N–H and O–H groups in total. The zero-order chi connectivity index (χ0) is 55.9. The monoisotopic (exact) mass is 1320 g/mol. The molecule has 411 valence electrons. The molecule has 1 radical (unpaired) electrons. The number of halogens is 2. The summed E-state index contributed by atoms with van der Waals surface area (Å²) in [5.74, 6) is 0. The van der Waals surface area contributed by atoms with E-state index in [1.807, 2.05) is 138 Å². The maximum atomic E-state index is 12.7. The van der Waals surface area contributed by atoms with Crippen molar-refractivity contribution in [1.29, 1.82) is 0 Å². The molecule has 21 heteroatoms. The number of piperazine rings is 2. The second-order valence-corrected chi connectivity index (χ2v) is 23.3. The van der Waals surface area contributed by atoms with Gasteiger partial charge in [0, 0.05) is 144 Å². The fourth-order valence-corrected chi connectivity index (χ4v) is 11.3. The first kappa shape index (κ1) is 59.5. The van der Waals surface area contributed by atoms with Crippen LogP contribution in [0.15, 0.2) is 103 Å². The van der Waals surface area contributed by atoms with Crippen LogP contribution in [0, 0.1) is 44.1 Å². The number of imidazole rings is 2. The molecule has 4 aliphatic rings. The molecule has 2 fully saturated rings. The van der Waals surface area contributed by atoms with Gasteiger partial charge in [0.2, 0.25) is 0 Å². The molecule has 0 spiro atoms. The van der Waals surface area contributed by atoms with Crippen LogP contribution >= 0.6 is 23.2 Å². The molecule has 2 aliphatic carbocycles. The molecule has 4 atom stereocenters. The number of aryl methyl sites for hydroxylation is 2. The third kappa shape index (κ3) is 12.6. The fraction of sp³-hybridized carbons (Fsp3) is 0.414. The largest absolute Gasteiger partial charge is 0.444 e. The Morgan fingerprint density at radius 1 is 0.646 bits per heavy atom. The van der Waals surface area contributed by atoms with Crippen molar-refractivity contribution in [3.8, 4) is 0 Å². The van der Waals surface area contributed by atoms with Gasteiger partial charge in [0.15, 0.2) is 0 Å². The molecule has 2 amide bonds. The molecular weight excluding hydrogens is 1260 g/mol. The van der Waals surface area contributed by atoms with Crippen LogP contribution in [0.1, 0.15) is 124 Å². The molecule has 79 heavy (non-hydrogen) atoms. The summed E-state index contributed by atoms with van der Waals surface area (Å²) >= 11 is 13.1. The second kappa shape index (κ2) is 23.8. The van der Waals surface area contributed by atoms with E-state index in [2.05, 4.69) is 35.9 Å². The number of rotatable bonds is 7. The minimum atomic E-state index is -1.35. The Kier molecular flexibility index (Phi) is 18.0. The Morgan fingerprint density at radius 3 is 1.47 bits per heavy atom. The first-order valence-electron chi connectivity index (χ1n) is 26.1. The van der Waals surface area contributed by atoms with Crippen molar-refractivity contribution in [3.05, 3.63) is 175 Å². The Hall–Kier alpha value is -5.61. The number of pyridine rings is 2. The van der Waals surface area contributed by atoms with Gasteiger partial charge in [-0.2, -0.15) is 0 Å². The van der Waals surface area contributed by atoms with Crippen LogP contribution in [-0.2, 0) is 34.7 Å². The zero-order valence-electron chi connectivity index (χ0n) is 46.4. The van der Waals surface area contributed by atoms with Gasteiger partial charge in [-0.25, -0.2) is 19.6 Å². The Bertz CT molecular complexity index is 3340. The van der Waals surface area contributed by atoms with Crippen molar-refractivity contribution in [2.24, 2.45) is 19.2 Å². The van der Waals surface area contributed by atoms with Crippen LogP contribution in [0.2, 0.25) is 10.0 Å². The van der Waals surface area contributed by atoms with Crippen molar-refractivity contribution < 1.29 is 68.2 Å². The molecule has 0 saturated carbocycles. The summed E-state index contributed by atoms with van der Waals surface area (Å²) in [4.78, 5) is 55.1. The Labute approximate surface area is 507 Å². The molecule has 18 nitrogen and oxygen atoms in total. The predicted molar refractivity (Wildman–Crippen MR) is 302 cm³/mol. The third-order valence-corrected chi connectivity index (χ3v) is 15.1. The minimum absolute atomic E-state index is 0. The van der Waals surface area contributed by atoms with Gasteiger partial charge in [0.05, 0.1) is 53.7 Å². The van der Waals surface area contributed by atoms with E-state index < -0.39 is 22.3 Å². The number of nitrogens with zero attached hydrogens (tertiary/aromatic N) is 13. The maximum Gasteiger partial charge on any atom is 0.410 e. The van der Waals surface area contributed by atoms with Gasteiger partial charge < -0.3 is 33.5 Å². The van der Waals surface area contributed by atoms with Crippen LogP contribution in [0.5, 0.6) is 0 Å². The van der Waals surface area contributed by atoms with Crippen molar-refractivity contribution >= 4 is 58.7 Å². The molecular formula is C58H67AcCl2N13O5. The van der Waals surface area contributed by atoms with E-state index in [-0.39, 0.29) is 68.3 Å². The van der Waals surface area contributed by atoms with E-state index in [0.29, 0.717) is 68.1 Å². The van der Waals surface area contributed by atoms with Gasteiger partial charge in [-0.3, -0.25) is 19.8 Å². The van der Waals surface area contributed by atoms with Crippen molar-refractivity contribution in [2.75, 3.05) is 52.4 Å². The second-order valence-electron chi connectivity index (χ2n) is 22.5. The quantitative estimate of drug-likeness (QED) is 0.0907. The average molecular weight is 1320 g/mol. The van der Waals surface area contributed by atoms with Crippen molar-refractivity contribution in [2.45, 2.75) is 89.8 Å². The number of azide groups is 1. The zero-order valence-corrected chi connectivity index (χ0v) is 52.7. The number of fused-ring (bicyclic) bond motifs is 4. The topological polar surface area (TPSA) is 196 Å². The average Bonchev–Trinajstić information content (AvgIpc) is 3.97. The van der Waals surface area contributed by atoms with E-state index in [0.717, 1.165) is 61.6 Å². The Morgan fingerprint density at radius 2 is 1.06 bits per heavy atom. The van der Waals surface area contributed by atoms with E-state index >= 15 is 0 Å². The van der Waals surface area contributed by atoms with Gasteiger partial charge in [-0.15, -0.1) is 0 Å². The summed E-state index contributed by atoms with van der Waals surface area (Å²) in [5.41, 5.74) is 16.5. The number of hydrogen-bond donors (Lipinski definition) is 1. The molecule has 6 aromatic rings. The van der Waals surface area contributed by atoms with Crippen molar-refractivity contribution in [3.63, 3.8) is 0 Å². The van der Waals surface area contributed by atoms with Gasteiger partial charge in [0.25, 0.3) is 0 Å². The molecule has 0 bridgehead atoms. The number of amides is 2. The summed E-state index contributed by atoms with van der Waals surface area (Å²) in [5, 5.41) is 17.5. The van der Waals surface area contributed by atoms with Crippen LogP contribution in [0.3, 0.4) is 0 Å². The summed E-state index contributed by atoms with van der Waals surface area (Å²) in [6.07, 6.45) is 13.9. The van der Waals surface area contributed by atoms with E-state index in [4.69, 9.17) is 42.6 Å². The summed E-state index contributed by atoms with van der Waals surface area (Å²) in [6, 6.07) is 19.1. The SMILES string of the molecule is Cn1cncc1C(C)(N=[N+]=[N-])C1=Cc2cccnc2[C@@H](N2CCN(C(=O)OC(C)(C)C)CC2)c2ccc(Cl)cc21.Cn1cncc1C(C)(O)C1=Cc2cccnc2[C@@H](N2CCN(C(=O)OC(C)(C)C)CC2)c2ccc(Cl)cc21.[Ac]. The first-order valence-corrected chi connectivity index (χ1v) is 26.8. The van der Waals surface area contributed by atoms with E-state index in [9.17, 15) is 20.2 Å². The Balaban J connectivity index is 0.000000206. The minimum Gasteiger partial charge on any atom is -0.444 e. The van der Waals surface area contributed by atoms with Gasteiger partial charge in [-0.05, 0) is 154 Å². The number of carbonyl (C=O) groups excluding carboxylic acids is 2. The third-order valence-electron chi connectivity index (χ3n) is 14.6. The standard InChI is InChI=1S/C29H33ClN8O2.C29H34ClN5O3.Ac/c1-28(2,3)40-27(39)38-13-11-37(12-14-38)26-21-9-8-20(30)16-22(21)23(15-19-7-6-10-33-25(19)26)29(4,34-35-31)24-17-32-18-36(24)5;1-28(2,3)38-27(36)35-13-11-34(12-14-35)26-21-9-8-20(30)16-22(21)23(15-19-7-6-10-32-25(19)26)29(4,37)24-17-31-18-33(24)5;/h6-10,15-18,26H,11-14H2,1-5H3;6-10,15-18,26,37H,11-14H2,1-5H3;/t2*26-,29?;/m00./s1. The maximum absolute atomic E-state index is 12.7. The molecule has 4 aromatic heterocycles. The van der Waals surface area contributed by atoms with E-state index in [1.165, 1.54) is 0 Å². The van der Waals surface area contributed by atoms with Crippen LogP contribution in [0.25, 0.3) is 33.7 Å². The first-order chi connectivity index (χ1) is 37.0. The van der Waals surface area contributed by atoms with Gasteiger partial charge in [0.1, 0.15) is 22.3 Å². The summed E-state index contributed by atoms with van der Waals surface area (Å²) < 4.78 is 14.9. The molecule has 2 aliphatic heterocycles. The van der Waals surface area contributed by atoms with Gasteiger partial charge >= 0.3 is 12.2 Å². The van der Waals surface area contributed by atoms with Crippen LogP contribution < -0.4 is 0 Å². The van der Waals surface area contributed by atoms with Crippen LogP contribution in [-0.4, -0.2) is 130 Å². The number of benzene rings is 2. The molecule has 2 aromatic carbocycles. The number of aliphatic hydroxyl groups is 1. The van der Waals surface area contributed by atoms with Crippen LogP contribution in [0.4, 0.5) is 9.59 Å². The molecule has 10 rings (SSSR count). The number of carbonyl (C=O) groups is 2. The van der Waals surface area contributed by atoms with Gasteiger partial charge in [-0.1, -0.05) is 52.6 Å². The van der Waals surface area contributed by atoms with Crippen molar-refractivity contribution in [1.82, 2.24) is 48.7 Å². The normalized spacial score (nSPS) is 19.0. The smallest absolute Gasteiger partial charge is 0.410 e. The number of hydrogen-bond acceptors (Lipinski definition) is 12. The molecule has 2 unspecified atom stereocenters. The predicted octanol–water partition coefficient (Wildman–Crippen LogP) is 11.1. The molecule has 2 saturated heterocycles. The summed E-state index contributed by atoms with van der Waals surface area (Å²) in [6.45, 7) is 19.6. The summed E-state index contributed by atoms with van der Waals surface area (Å²) in [7, 11) is 3.75. The fourth-order valence-electron chi connectivity index (χ4n) is 11.0. The van der Waals surface area contributed by atoms with E-state index in [1.54, 1.807) is 54.2 Å². The number of aromatic nitrogens is 6. The number of ether oxygens (including phenoxy) is 2.